The number of hydrogen-bond acceptors (Lipinski definition) is 4. The van der Waals surface area contributed by atoms with Crippen LogP contribution in [0.25, 0.3) is 0 Å². The Morgan fingerprint density at radius 1 is 1.47 bits per heavy atom. The molecule has 1 rings (SSSR count). The van der Waals surface area contributed by atoms with Gasteiger partial charge in [0.1, 0.15) is 0 Å². The Morgan fingerprint density at radius 2 is 2.11 bits per heavy atom. The van der Waals surface area contributed by atoms with Crippen molar-refractivity contribution in [1.82, 2.24) is 5.32 Å². The Labute approximate surface area is 112 Å². The van der Waals surface area contributed by atoms with Gasteiger partial charge in [0.2, 0.25) is 5.91 Å². The van der Waals surface area contributed by atoms with E-state index in [2.05, 4.69) is 5.32 Å². The summed E-state index contributed by atoms with van der Waals surface area (Å²) in [7, 11) is 0. The highest BCUT2D eigenvalue weighted by molar-refractivity contribution is 5.81. The number of nitrogens with one attached hydrogen (secondary N) is 1. The van der Waals surface area contributed by atoms with Crippen molar-refractivity contribution in [3.63, 3.8) is 0 Å². The molecule has 1 unspecified atom stereocenters. The van der Waals surface area contributed by atoms with Gasteiger partial charge in [-0.2, -0.15) is 0 Å². The SMILES string of the molecule is Cc1c(CNC(=O)C(N)C(C)C)cccc1[N+](=O)[O-]. The fraction of sp³-hybridized carbons (Fsp3) is 0.462. The van der Waals surface area contributed by atoms with E-state index in [1.54, 1.807) is 19.1 Å². The van der Waals surface area contributed by atoms with E-state index in [0.717, 1.165) is 5.56 Å². The summed E-state index contributed by atoms with van der Waals surface area (Å²) < 4.78 is 0. The molecule has 6 heteroatoms. The molecule has 0 fully saturated rings. The first kappa shape index (κ1) is 15.1. The minimum absolute atomic E-state index is 0.0474. The van der Waals surface area contributed by atoms with Gasteiger partial charge >= 0.3 is 0 Å². The highest BCUT2D eigenvalue weighted by atomic mass is 16.6. The summed E-state index contributed by atoms with van der Waals surface area (Å²) in [4.78, 5) is 22.1. The van der Waals surface area contributed by atoms with Crippen molar-refractivity contribution in [1.29, 1.82) is 0 Å². The van der Waals surface area contributed by atoms with Gasteiger partial charge < -0.3 is 11.1 Å². The molecule has 1 atom stereocenters. The summed E-state index contributed by atoms with van der Waals surface area (Å²) in [5.41, 5.74) is 7.06. The van der Waals surface area contributed by atoms with Crippen molar-refractivity contribution in [2.24, 2.45) is 11.7 Å². The van der Waals surface area contributed by atoms with Gasteiger partial charge in [-0.25, -0.2) is 0 Å². The van der Waals surface area contributed by atoms with Gasteiger partial charge in [-0.1, -0.05) is 26.0 Å². The first-order chi connectivity index (χ1) is 8.84. The van der Waals surface area contributed by atoms with Gasteiger partial charge in [-0.3, -0.25) is 14.9 Å². The van der Waals surface area contributed by atoms with Crippen LogP contribution in [0.5, 0.6) is 0 Å². The molecule has 1 aromatic carbocycles. The number of hydrogen-bond donors (Lipinski definition) is 2. The molecule has 6 nitrogen and oxygen atoms in total. The number of amides is 1. The number of benzene rings is 1. The lowest BCUT2D eigenvalue weighted by Crippen LogP contribution is -2.43. The maximum Gasteiger partial charge on any atom is 0.272 e. The number of nitrogens with zero attached hydrogens (tertiary/aromatic N) is 1. The van der Waals surface area contributed by atoms with Crippen LogP contribution in [0.3, 0.4) is 0 Å². The Balaban J connectivity index is 2.76. The minimum atomic E-state index is -0.570. The van der Waals surface area contributed by atoms with Crippen LogP contribution in [0.4, 0.5) is 5.69 Å². The van der Waals surface area contributed by atoms with Gasteiger partial charge in [0.15, 0.2) is 0 Å². The first-order valence-corrected chi connectivity index (χ1v) is 6.10. The molecule has 0 radical (unpaired) electrons. The Bertz CT molecular complexity index is 486. The Kier molecular flexibility index (Phi) is 5.00. The average Bonchev–Trinajstić information content (AvgIpc) is 2.35. The van der Waals surface area contributed by atoms with E-state index in [1.165, 1.54) is 6.07 Å². The lowest BCUT2D eigenvalue weighted by Gasteiger charge is -2.15. The third-order valence-electron chi connectivity index (χ3n) is 3.09. The van der Waals surface area contributed by atoms with Crippen molar-refractivity contribution in [2.75, 3.05) is 0 Å². The summed E-state index contributed by atoms with van der Waals surface area (Å²) in [6.07, 6.45) is 0. The number of rotatable bonds is 5. The second-order valence-electron chi connectivity index (χ2n) is 4.81. The van der Waals surface area contributed by atoms with E-state index < -0.39 is 11.0 Å². The molecular formula is C13H19N3O3. The van der Waals surface area contributed by atoms with Crippen molar-refractivity contribution >= 4 is 11.6 Å². The third-order valence-corrected chi connectivity index (χ3v) is 3.09. The van der Waals surface area contributed by atoms with Gasteiger partial charge in [0, 0.05) is 18.2 Å². The summed E-state index contributed by atoms with van der Waals surface area (Å²) in [5, 5.41) is 13.5. The number of nitro benzene ring substituents is 1. The maximum absolute atomic E-state index is 11.7. The molecule has 1 amide bonds. The second-order valence-corrected chi connectivity index (χ2v) is 4.81. The molecule has 3 N–H and O–H groups in total. The van der Waals surface area contributed by atoms with Crippen LogP contribution >= 0.6 is 0 Å². The van der Waals surface area contributed by atoms with Crippen LogP contribution < -0.4 is 11.1 Å². The number of nitrogens with two attached hydrogens (primary N) is 1. The van der Waals surface area contributed by atoms with E-state index in [-0.39, 0.29) is 24.1 Å². The monoisotopic (exact) mass is 265 g/mol. The van der Waals surface area contributed by atoms with Crippen LogP contribution in [0, 0.1) is 23.0 Å². The number of carbonyl (C=O) groups excluding carboxylic acids is 1. The zero-order valence-electron chi connectivity index (χ0n) is 11.3. The fourth-order valence-electron chi connectivity index (χ4n) is 1.66. The lowest BCUT2D eigenvalue weighted by atomic mass is 10.0. The molecule has 0 saturated carbocycles. The van der Waals surface area contributed by atoms with Crippen molar-refractivity contribution in [2.45, 2.75) is 33.4 Å². The molecule has 0 saturated heterocycles. The van der Waals surface area contributed by atoms with Gasteiger partial charge in [-0.05, 0) is 18.4 Å². The van der Waals surface area contributed by atoms with Gasteiger partial charge in [-0.15, -0.1) is 0 Å². The number of nitro groups is 1. The van der Waals surface area contributed by atoms with Crippen molar-refractivity contribution in [3.8, 4) is 0 Å². The summed E-state index contributed by atoms with van der Waals surface area (Å²) in [6, 6.07) is 4.23. The molecule has 1 aromatic rings. The van der Waals surface area contributed by atoms with Crippen LogP contribution in [-0.4, -0.2) is 16.9 Å². The van der Waals surface area contributed by atoms with Crippen molar-refractivity contribution in [3.05, 3.63) is 39.4 Å². The molecular weight excluding hydrogens is 246 g/mol. The topological polar surface area (TPSA) is 98.3 Å². The molecule has 19 heavy (non-hydrogen) atoms. The first-order valence-electron chi connectivity index (χ1n) is 6.10. The molecule has 0 bridgehead atoms. The predicted molar refractivity (Wildman–Crippen MR) is 72.5 cm³/mol. The lowest BCUT2D eigenvalue weighted by molar-refractivity contribution is -0.385. The Morgan fingerprint density at radius 3 is 2.63 bits per heavy atom. The highest BCUT2D eigenvalue weighted by Gasteiger charge is 2.18. The maximum atomic E-state index is 11.7. The standard InChI is InChI=1S/C13H19N3O3/c1-8(2)12(14)13(17)15-7-10-5-4-6-11(9(10)3)16(18)19/h4-6,8,12H,7,14H2,1-3H3,(H,15,17). The normalized spacial score (nSPS) is 12.3. The predicted octanol–water partition coefficient (Wildman–Crippen LogP) is 1.50. The molecule has 0 aromatic heterocycles. The molecule has 0 aliphatic carbocycles. The summed E-state index contributed by atoms with van der Waals surface area (Å²) >= 11 is 0. The van der Waals surface area contributed by atoms with Crippen molar-refractivity contribution < 1.29 is 9.72 Å². The largest absolute Gasteiger partial charge is 0.351 e. The van der Waals surface area contributed by atoms with Crippen LogP contribution in [-0.2, 0) is 11.3 Å². The molecule has 0 aliphatic heterocycles. The zero-order valence-corrected chi connectivity index (χ0v) is 11.3. The van der Waals surface area contributed by atoms with E-state index in [9.17, 15) is 14.9 Å². The smallest absolute Gasteiger partial charge is 0.272 e. The summed E-state index contributed by atoms with van der Waals surface area (Å²) in [5.74, 6) is -0.202. The van der Waals surface area contributed by atoms with E-state index in [4.69, 9.17) is 5.73 Å². The molecule has 0 spiro atoms. The van der Waals surface area contributed by atoms with E-state index in [0.29, 0.717) is 5.56 Å². The highest BCUT2D eigenvalue weighted by Crippen LogP contribution is 2.20. The minimum Gasteiger partial charge on any atom is -0.351 e. The van der Waals surface area contributed by atoms with E-state index in [1.807, 2.05) is 13.8 Å². The third kappa shape index (κ3) is 3.75. The fourth-order valence-corrected chi connectivity index (χ4v) is 1.66. The Hall–Kier alpha value is -1.95. The molecule has 0 heterocycles. The zero-order chi connectivity index (χ0) is 14.6. The number of carbonyl (C=O) groups is 1. The van der Waals surface area contributed by atoms with Gasteiger partial charge in [0.05, 0.1) is 11.0 Å². The van der Waals surface area contributed by atoms with Gasteiger partial charge in [0.25, 0.3) is 5.69 Å². The van der Waals surface area contributed by atoms with Crippen LogP contribution in [0.1, 0.15) is 25.0 Å². The second kappa shape index (κ2) is 6.29. The quantitative estimate of drug-likeness (QED) is 0.622. The average molecular weight is 265 g/mol. The molecule has 104 valence electrons. The summed E-state index contributed by atoms with van der Waals surface area (Å²) in [6.45, 7) is 5.64. The van der Waals surface area contributed by atoms with Crippen LogP contribution in [0.2, 0.25) is 0 Å². The van der Waals surface area contributed by atoms with E-state index >= 15 is 0 Å². The molecule has 0 aliphatic rings. The van der Waals surface area contributed by atoms with Crippen LogP contribution in [0.15, 0.2) is 18.2 Å².